The van der Waals surface area contributed by atoms with Gasteiger partial charge in [0.2, 0.25) is 5.91 Å². The van der Waals surface area contributed by atoms with Gasteiger partial charge < -0.3 is 5.73 Å². The van der Waals surface area contributed by atoms with Crippen molar-refractivity contribution in [1.29, 1.82) is 0 Å². The number of aromatic nitrogens is 2. The first kappa shape index (κ1) is 15.9. The molecular formula is C16H14BrN3O2S. The van der Waals surface area contributed by atoms with Gasteiger partial charge in [-0.15, -0.1) is 11.3 Å². The number of nitrogens with two attached hydrogens (primary N) is 1. The maximum Gasteiger partial charge on any atom is 0.262 e. The summed E-state index contributed by atoms with van der Waals surface area (Å²) in [6, 6.07) is 6.01. The highest BCUT2D eigenvalue weighted by Gasteiger charge is 2.15. The van der Waals surface area contributed by atoms with Crippen LogP contribution in [-0.4, -0.2) is 15.5 Å². The summed E-state index contributed by atoms with van der Waals surface area (Å²) in [4.78, 5) is 28.7. The van der Waals surface area contributed by atoms with Crippen molar-refractivity contribution in [2.75, 3.05) is 0 Å². The van der Waals surface area contributed by atoms with Crippen LogP contribution in [0.1, 0.15) is 12.0 Å². The fourth-order valence-corrected chi connectivity index (χ4v) is 3.76. The zero-order valence-corrected chi connectivity index (χ0v) is 14.8. The number of benzene rings is 1. The molecule has 7 heteroatoms. The molecule has 0 bridgehead atoms. The minimum absolute atomic E-state index is 0.112. The number of hydrogen-bond donors (Lipinski definition) is 1. The Balaban J connectivity index is 2.19. The predicted molar refractivity (Wildman–Crippen MR) is 95.6 cm³/mol. The second-order valence-electron chi connectivity index (χ2n) is 5.27. The van der Waals surface area contributed by atoms with Crippen LogP contribution < -0.4 is 11.3 Å². The topological polar surface area (TPSA) is 78.0 Å². The Bertz CT molecular complexity index is 962. The summed E-state index contributed by atoms with van der Waals surface area (Å²) < 4.78 is 2.36. The van der Waals surface area contributed by atoms with E-state index in [-0.39, 0.29) is 18.5 Å². The summed E-state index contributed by atoms with van der Waals surface area (Å²) in [6.45, 7) is 2.25. The molecule has 3 aromatic rings. The number of halogens is 1. The fraction of sp³-hybridized carbons (Fsp3) is 0.188. The number of amides is 1. The van der Waals surface area contributed by atoms with Crippen LogP contribution in [0.3, 0.4) is 0 Å². The van der Waals surface area contributed by atoms with Gasteiger partial charge in [0.25, 0.3) is 5.56 Å². The van der Waals surface area contributed by atoms with Crippen molar-refractivity contribution in [3.63, 3.8) is 0 Å². The molecule has 0 spiro atoms. The van der Waals surface area contributed by atoms with Crippen molar-refractivity contribution in [3.05, 3.63) is 50.3 Å². The Morgan fingerprint density at radius 3 is 2.91 bits per heavy atom. The van der Waals surface area contributed by atoms with E-state index in [1.165, 1.54) is 22.2 Å². The van der Waals surface area contributed by atoms with E-state index >= 15 is 0 Å². The van der Waals surface area contributed by atoms with Gasteiger partial charge in [0.05, 0.1) is 11.7 Å². The number of fused-ring (bicyclic) bond motifs is 1. The van der Waals surface area contributed by atoms with Gasteiger partial charge in [0, 0.05) is 28.4 Å². The average Bonchev–Trinajstić information content (AvgIpc) is 2.93. The van der Waals surface area contributed by atoms with Gasteiger partial charge in [-0.3, -0.25) is 14.2 Å². The Morgan fingerprint density at radius 1 is 1.39 bits per heavy atom. The molecule has 0 saturated carbocycles. The molecular weight excluding hydrogens is 378 g/mol. The molecule has 0 unspecified atom stereocenters. The molecule has 118 valence electrons. The van der Waals surface area contributed by atoms with Crippen LogP contribution in [0.4, 0.5) is 0 Å². The fourth-order valence-electron chi connectivity index (χ4n) is 2.40. The van der Waals surface area contributed by atoms with Crippen molar-refractivity contribution in [2.45, 2.75) is 19.9 Å². The predicted octanol–water partition coefficient (Wildman–Crippen LogP) is 3.07. The molecule has 0 aliphatic heterocycles. The molecule has 0 fully saturated rings. The summed E-state index contributed by atoms with van der Waals surface area (Å²) in [5.41, 5.74) is 7.94. The first-order chi connectivity index (χ1) is 11.0. The number of rotatable bonds is 4. The van der Waals surface area contributed by atoms with Crippen molar-refractivity contribution in [1.82, 2.24) is 9.55 Å². The highest BCUT2D eigenvalue weighted by molar-refractivity contribution is 9.10. The third-order valence-electron chi connectivity index (χ3n) is 3.57. The lowest BCUT2D eigenvalue weighted by Crippen LogP contribution is -2.23. The number of carbonyl (C=O) groups excluding carboxylic acids is 1. The Morgan fingerprint density at radius 2 is 2.17 bits per heavy atom. The zero-order valence-electron chi connectivity index (χ0n) is 12.4. The number of carbonyl (C=O) groups is 1. The zero-order chi connectivity index (χ0) is 16.6. The second kappa shape index (κ2) is 6.25. The molecule has 1 aromatic carbocycles. The monoisotopic (exact) mass is 391 g/mol. The molecule has 0 aliphatic carbocycles. The van der Waals surface area contributed by atoms with Gasteiger partial charge in [0.15, 0.2) is 0 Å². The van der Waals surface area contributed by atoms with E-state index in [0.29, 0.717) is 10.2 Å². The molecule has 2 N–H and O–H groups in total. The summed E-state index contributed by atoms with van der Waals surface area (Å²) >= 11 is 4.98. The highest BCUT2D eigenvalue weighted by Crippen LogP contribution is 2.35. The molecule has 0 aliphatic rings. The Labute approximate surface area is 144 Å². The van der Waals surface area contributed by atoms with Gasteiger partial charge >= 0.3 is 0 Å². The number of nitrogens with zero attached hydrogens (tertiary/aromatic N) is 2. The molecule has 1 amide bonds. The smallest absolute Gasteiger partial charge is 0.262 e. The maximum absolute atomic E-state index is 12.8. The van der Waals surface area contributed by atoms with E-state index in [0.717, 1.165) is 21.2 Å². The minimum Gasteiger partial charge on any atom is -0.370 e. The molecule has 2 aromatic heterocycles. The number of primary amides is 1. The number of aryl methyl sites for hydroxylation is 2. The van der Waals surface area contributed by atoms with Gasteiger partial charge in [-0.25, -0.2) is 4.98 Å². The van der Waals surface area contributed by atoms with Gasteiger partial charge in [-0.2, -0.15) is 0 Å². The lowest BCUT2D eigenvalue weighted by atomic mass is 10.0. The van der Waals surface area contributed by atoms with Crippen LogP contribution in [-0.2, 0) is 11.3 Å². The van der Waals surface area contributed by atoms with Crippen LogP contribution in [0, 0.1) is 6.92 Å². The highest BCUT2D eigenvalue weighted by atomic mass is 79.9. The molecule has 0 atom stereocenters. The quantitative estimate of drug-likeness (QED) is 0.741. The van der Waals surface area contributed by atoms with Crippen LogP contribution in [0.2, 0.25) is 0 Å². The normalized spacial score (nSPS) is 11.0. The van der Waals surface area contributed by atoms with Crippen LogP contribution >= 0.6 is 27.3 Å². The largest absolute Gasteiger partial charge is 0.370 e. The van der Waals surface area contributed by atoms with E-state index in [2.05, 4.69) is 20.9 Å². The summed E-state index contributed by atoms with van der Waals surface area (Å²) in [5.74, 6) is -0.441. The molecule has 23 heavy (non-hydrogen) atoms. The average molecular weight is 392 g/mol. The molecule has 2 heterocycles. The minimum atomic E-state index is -0.441. The Kier molecular flexibility index (Phi) is 4.32. The first-order valence-corrected chi connectivity index (χ1v) is 8.66. The summed E-state index contributed by atoms with van der Waals surface area (Å²) in [6.07, 6.45) is 1.58. The summed E-state index contributed by atoms with van der Waals surface area (Å²) in [5, 5.41) is 2.52. The summed E-state index contributed by atoms with van der Waals surface area (Å²) in [7, 11) is 0. The molecule has 5 nitrogen and oxygen atoms in total. The van der Waals surface area contributed by atoms with E-state index in [9.17, 15) is 9.59 Å². The van der Waals surface area contributed by atoms with Crippen LogP contribution in [0.5, 0.6) is 0 Å². The van der Waals surface area contributed by atoms with E-state index < -0.39 is 5.91 Å². The van der Waals surface area contributed by atoms with Gasteiger partial charge in [0.1, 0.15) is 4.83 Å². The Hall–Kier alpha value is -1.99. The second-order valence-corrected chi connectivity index (χ2v) is 6.98. The van der Waals surface area contributed by atoms with Crippen LogP contribution in [0.25, 0.3) is 21.3 Å². The molecule has 0 radical (unpaired) electrons. The van der Waals surface area contributed by atoms with E-state index in [4.69, 9.17) is 5.73 Å². The van der Waals surface area contributed by atoms with Gasteiger partial charge in [-0.1, -0.05) is 33.6 Å². The van der Waals surface area contributed by atoms with Gasteiger partial charge in [-0.05, 0) is 18.6 Å². The van der Waals surface area contributed by atoms with E-state index in [1.54, 1.807) is 0 Å². The standard InChI is InChI=1S/C16H14BrN3O2S/c1-9-2-3-12(17)10(6-9)11-7-23-15-14(11)16(22)20(8-19-15)5-4-13(18)21/h2-3,6-8H,4-5H2,1H3,(H2,18,21). The lowest BCUT2D eigenvalue weighted by Gasteiger charge is -2.07. The van der Waals surface area contributed by atoms with E-state index in [1.807, 2.05) is 30.5 Å². The van der Waals surface area contributed by atoms with Crippen LogP contribution in [0.15, 0.2) is 39.2 Å². The number of thiophene rings is 1. The molecule has 0 saturated heterocycles. The third-order valence-corrected chi connectivity index (χ3v) is 5.15. The number of hydrogen-bond acceptors (Lipinski definition) is 4. The van der Waals surface area contributed by atoms with Crippen molar-refractivity contribution < 1.29 is 4.79 Å². The van der Waals surface area contributed by atoms with Crippen molar-refractivity contribution >= 4 is 43.4 Å². The third kappa shape index (κ3) is 3.07. The first-order valence-electron chi connectivity index (χ1n) is 6.99. The van der Waals surface area contributed by atoms with Crippen molar-refractivity contribution in [3.8, 4) is 11.1 Å². The lowest BCUT2D eigenvalue weighted by molar-refractivity contribution is -0.118. The maximum atomic E-state index is 12.8. The van der Waals surface area contributed by atoms with Crippen molar-refractivity contribution in [2.24, 2.45) is 5.73 Å². The SMILES string of the molecule is Cc1ccc(Br)c(-c2csc3ncn(CCC(N)=O)c(=O)c23)c1. The molecule has 3 rings (SSSR count).